The molecule has 1 aromatic carbocycles. The Balaban J connectivity index is 1.88. The Hall–Kier alpha value is -1.71. The average Bonchev–Trinajstić information content (AvgIpc) is 3.27. The number of urea groups is 1. The highest BCUT2D eigenvalue weighted by Crippen LogP contribution is 2.34. The second-order valence-electron chi connectivity index (χ2n) is 5.16. The number of hydrogen-bond acceptors (Lipinski definition) is 2. The molecule has 0 heterocycles. The van der Waals surface area contributed by atoms with Crippen molar-refractivity contribution in [3.8, 4) is 5.75 Å². The van der Waals surface area contributed by atoms with Gasteiger partial charge in [-0.15, -0.1) is 0 Å². The summed E-state index contributed by atoms with van der Waals surface area (Å²) in [6.07, 6.45) is 2.48. The minimum absolute atomic E-state index is 0.0229. The van der Waals surface area contributed by atoms with Crippen molar-refractivity contribution in [2.24, 2.45) is 5.92 Å². The molecule has 2 amide bonds. The lowest BCUT2D eigenvalue weighted by molar-refractivity contribution is 0.187. The number of nitrogens with one attached hydrogen (secondary N) is 1. The highest BCUT2D eigenvalue weighted by Gasteiger charge is 2.32. The Bertz CT molecular complexity index is 444. The van der Waals surface area contributed by atoms with Gasteiger partial charge in [-0.2, -0.15) is 0 Å². The number of carbonyl (C=O) groups is 1. The highest BCUT2D eigenvalue weighted by molar-refractivity contribution is 5.74. The fourth-order valence-electron chi connectivity index (χ4n) is 2.22. The van der Waals surface area contributed by atoms with Gasteiger partial charge in [0.15, 0.2) is 0 Å². The van der Waals surface area contributed by atoms with Crippen LogP contribution in [0.3, 0.4) is 0 Å². The molecule has 19 heavy (non-hydrogen) atoms. The van der Waals surface area contributed by atoms with Crippen LogP contribution in [-0.4, -0.2) is 31.1 Å². The normalized spacial score (nSPS) is 15.7. The molecule has 0 unspecified atom stereocenters. The summed E-state index contributed by atoms with van der Waals surface area (Å²) >= 11 is 0. The van der Waals surface area contributed by atoms with Crippen molar-refractivity contribution in [3.63, 3.8) is 0 Å². The number of amides is 2. The lowest BCUT2D eigenvalue weighted by Gasteiger charge is -2.25. The van der Waals surface area contributed by atoms with Crippen molar-refractivity contribution in [3.05, 3.63) is 29.8 Å². The Morgan fingerprint density at radius 1 is 1.47 bits per heavy atom. The summed E-state index contributed by atoms with van der Waals surface area (Å²) in [5.41, 5.74) is 0.992. The molecular weight excluding hydrogens is 240 g/mol. The number of hydrogen-bond donors (Lipinski definition) is 1. The van der Waals surface area contributed by atoms with Gasteiger partial charge < -0.3 is 15.0 Å². The van der Waals surface area contributed by atoms with Crippen LogP contribution in [0.1, 0.15) is 25.3 Å². The summed E-state index contributed by atoms with van der Waals surface area (Å²) in [6, 6.07) is 8.02. The Morgan fingerprint density at radius 2 is 2.16 bits per heavy atom. The predicted octanol–water partition coefficient (Wildman–Crippen LogP) is 2.64. The van der Waals surface area contributed by atoms with E-state index in [0.29, 0.717) is 18.5 Å². The standard InChI is InChI=1S/C15H22N2O2/c1-11(12-8-9-12)17(2)15(18)16-10-13-6-4-5-7-14(13)19-3/h4-7,11-12H,8-10H2,1-3H3,(H,16,18)/t11-/m0/s1. The van der Waals surface area contributed by atoms with Crippen LogP contribution in [0.4, 0.5) is 4.79 Å². The first-order valence-electron chi connectivity index (χ1n) is 6.76. The van der Waals surface area contributed by atoms with E-state index in [2.05, 4.69) is 12.2 Å². The van der Waals surface area contributed by atoms with Crippen molar-refractivity contribution in [2.45, 2.75) is 32.4 Å². The van der Waals surface area contributed by atoms with Crippen LogP contribution in [-0.2, 0) is 6.54 Å². The molecule has 4 heteroatoms. The first kappa shape index (κ1) is 13.7. The Kier molecular flexibility index (Phi) is 4.30. The van der Waals surface area contributed by atoms with Crippen LogP contribution in [0.25, 0.3) is 0 Å². The molecule has 0 aliphatic heterocycles. The van der Waals surface area contributed by atoms with Crippen LogP contribution in [0.5, 0.6) is 5.75 Å². The highest BCUT2D eigenvalue weighted by atomic mass is 16.5. The van der Waals surface area contributed by atoms with E-state index in [1.165, 1.54) is 12.8 Å². The Labute approximate surface area is 114 Å². The predicted molar refractivity (Wildman–Crippen MR) is 75.2 cm³/mol. The molecule has 104 valence electrons. The molecule has 0 spiro atoms. The van der Waals surface area contributed by atoms with Gasteiger partial charge in [-0.1, -0.05) is 18.2 Å². The molecule has 1 aliphatic carbocycles. The molecule has 0 aromatic heterocycles. The summed E-state index contributed by atoms with van der Waals surface area (Å²) in [7, 11) is 3.50. The zero-order valence-electron chi connectivity index (χ0n) is 11.8. The van der Waals surface area contributed by atoms with Gasteiger partial charge in [-0.25, -0.2) is 4.79 Å². The molecule has 0 bridgehead atoms. The number of rotatable bonds is 5. The monoisotopic (exact) mass is 262 g/mol. The second-order valence-corrected chi connectivity index (χ2v) is 5.16. The fraction of sp³-hybridized carbons (Fsp3) is 0.533. The SMILES string of the molecule is COc1ccccc1CNC(=O)N(C)[C@@H](C)C1CC1. The number of para-hydroxylation sites is 1. The third kappa shape index (κ3) is 3.40. The molecule has 1 N–H and O–H groups in total. The van der Waals surface area contributed by atoms with Crippen molar-refractivity contribution < 1.29 is 9.53 Å². The number of carbonyl (C=O) groups excluding carboxylic acids is 1. The zero-order valence-corrected chi connectivity index (χ0v) is 11.8. The molecule has 1 saturated carbocycles. The summed E-state index contributed by atoms with van der Waals surface area (Å²) in [5.74, 6) is 1.49. The Morgan fingerprint density at radius 3 is 2.79 bits per heavy atom. The van der Waals surface area contributed by atoms with E-state index in [1.54, 1.807) is 12.0 Å². The van der Waals surface area contributed by atoms with E-state index in [1.807, 2.05) is 31.3 Å². The van der Waals surface area contributed by atoms with Gasteiger partial charge in [0, 0.05) is 25.2 Å². The minimum Gasteiger partial charge on any atom is -0.496 e. The van der Waals surface area contributed by atoms with Gasteiger partial charge in [0.05, 0.1) is 7.11 Å². The third-order valence-corrected chi connectivity index (χ3v) is 3.86. The summed E-state index contributed by atoms with van der Waals surface area (Å²) in [4.78, 5) is 13.9. The van der Waals surface area contributed by atoms with Crippen LogP contribution >= 0.6 is 0 Å². The van der Waals surface area contributed by atoms with E-state index in [9.17, 15) is 4.79 Å². The van der Waals surface area contributed by atoms with Gasteiger partial charge in [-0.3, -0.25) is 0 Å². The maximum absolute atomic E-state index is 12.1. The number of benzene rings is 1. The molecule has 1 aromatic rings. The maximum Gasteiger partial charge on any atom is 0.317 e. The van der Waals surface area contributed by atoms with Gasteiger partial charge >= 0.3 is 6.03 Å². The quantitative estimate of drug-likeness (QED) is 0.886. The fourth-order valence-corrected chi connectivity index (χ4v) is 2.22. The van der Waals surface area contributed by atoms with Crippen LogP contribution in [0.2, 0.25) is 0 Å². The van der Waals surface area contributed by atoms with Crippen LogP contribution < -0.4 is 10.1 Å². The summed E-state index contributed by atoms with van der Waals surface area (Å²) in [6.45, 7) is 2.60. The molecule has 0 saturated heterocycles. The second kappa shape index (κ2) is 5.95. The molecule has 1 aliphatic rings. The number of methoxy groups -OCH3 is 1. The molecule has 1 fully saturated rings. The largest absolute Gasteiger partial charge is 0.496 e. The molecular formula is C15H22N2O2. The first-order valence-corrected chi connectivity index (χ1v) is 6.76. The smallest absolute Gasteiger partial charge is 0.317 e. The van der Waals surface area contributed by atoms with E-state index in [-0.39, 0.29) is 6.03 Å². The van der Waals surface area contributed by atoms with Crippen molar-refractivity contribution in [1.82, 2.24) is 10.2 Å². The van der Waals surface area contributed by atoms with Crippen LogP contribution in [0.15, 0.2) is 24.3 Å². The van der Waals surface area contributed by atoms with E-state index in [4.69, 9.17) is 4.74 Å². The van der Waals surface area contributed by atoms with Crippen LogP contribution in [0, 0.1) is 5.92 Å². The lowest BCUT2D eigenvalue weighted by Crippen LogP contribution is -2.43. The maximum atomic E-state index is 12.1. The van der Waals surface area contributed by atoms with E-state index < -0.39 is 0 Å². The van der Waals surface area contributed by atoms with Gasteiger partial charge in [0.1, 0.15) is 5.75 Å². The van der Waals surface area contributed by atoms with Crippen molar-refractivity contribution >= 4 is 6.03 Å². The van der Waals surface area contributed by atoms with Crippen molar-refractivity contribution in [2.75, 3.05) is 14.2 Å². The molecule has 2 rings (SSSR count). The number of ether oxygens (including phenoxy) is 1. The van der Waals surface area contributed by atoms with E-state index >= 15 is 0 Å². The van der Waals surface area contributed by atoms with Crippen molar-refractivity contribution in [1.29, 1.82) is 0 Å². The minimum atomic E-state index is -0.0229. The molecule has 0 radical (unpaired) electrons. The van der Waals surface area contributed by atoms with Gasteiger partial charge in [-0.05, 0) is 31.7 Å². The molecule has 4 nitrogen and oxygen atoms in total. The average molecular weight is 262 g/mol. The topological polar surface area (TPSA) is 41.6 Å². The zero-order chi connectivity index (χ0) is 13.8. The number of nitrogens with zero attached hydrogens (tertiary/aromatic N) is 1. The first-order chi connectivity index (χ1) is 9.13. The summed E-state index contributed by atoms with van der Waals surface area (Å²) in [5, 5.41) is 2.94. The molecule has 1 atom stereocenters. The third-order valence-electron chi connectivity index (χ3n) is 3.86. The van der Waals surface area contributed by atoms with E-state index in [0.717, 1.165) is 11.3 Å². The lowest BCUT2D eigenvalue weighted by atomic mass is 10.2. The van der Waals surface area contributed by atoms with Gasteiger partial charge in [0.2, 0.25) is 0 Å². The van der Waals surface area contributed by atoms with Gasteiger partial charge in [0.25, 0.3) is 0 Å². The summed E-state index contributed by atoms with van der Waals surface area (Å²) < 4.78 is 5.27.